The van der Waals surface area contributed by atoms with Crippen molar-refractivity contribution < 1.29 is 26.9 Å². The predicted molar refractivity (Wildman–Crippen MR) is 156 cm³/mol. The normalized spacial score (nSPS) is 14.4. The third-order valence-electron chi connectivity index (χ3n) is 7.40. The summed E-state index contributed by atoms with van der Waals surface area (Å²) in [4.78, 5) is 9.11. The second-order valence-electron chi connectivity index (χ2n) is 11.5. The van der Waals surface area contributed by atoms with Crippen LogP contribution in [0.2, 0.25) is 18.1 Å². The molecule has 0 fully saturated rings. The lowest BCUT2D eigenvalue weighted by Crippen LogP contribution is -2.44. The molecule has 8 nitrogen and oxygen atoms in total. The molecule has 3 rings (SSSR count). The summed E-state index contributed by atoms with van der Waals surface area (Å²) in [6, 6.07) is 12.1. The molecule has 0 radical (unpaired) electrons. The molecule has 3 aromatic rings. The van der Waals surface area contributed by atoms with Crippen LogP contribution in [0.3, 0.4) is 0 Å². The lowest BCUT2D eigenvalue weighted by Gasteiger charge is -2.39. The Kier molecular flexibility index (Phi) is 10.3. The third-order valence-corrected chi connectivity index (χ3v) is 13.2. The van der Waals surface area contributed by atoms with E-state index >= 15 is 0 Å². The Morgan fingerprint density at radius 2 is 1.69 bits per heavy atom. The Bertz CT molecular complexity index is 1340. The van der Waals surface area contributed by atoms with Crippen LogP contribution in [-0.2, 0) is 25.1 Å². The smallest absolute Gasteiger partial charge is 0.297 e. The third kappa shape index (κ3) is 8.55. The first kappa shape index (κ1) is 31.2. The largest absolute Gasteiger partial charge is 0.481 e. The molecule has 0 aliphatic rings. The number of hydrogen-bond donors (Lipinski definition) is 1. The van der Waals surface area contributed by atoms with Gasteiger partial charge in [0.25, 0.3) is 10.1 Å². The van der Waals surface area contributed by atoms with Gasteiger partial charge in [-0.15, -0.1) is 0 Å². The van der Waals surface area contributed by atoms with Gasteiger partial charge >= 0.3 is 0 Å². The molecule has 2 aromatic heterocycles. The van der Waals surface area contributed by atoms with Crippen molar-refractivity contribution in [2.75, 3.05) is 13.7 Å². The van der Waals surface area contributed by atoms with E-state index < -0.39 is 24.5 Å². The standard InChI is InChI=1S/C29H42N2O6SSi/c1-21-8-14-25(15-9-21)38(33,34)36-20-23(32)11-13-24(37-39(6,7)29(2,3)4)12-10-22-18-19-30-26-16-17-27(35-5)31-28(22)26/h8-9,14-19,23-24,32H,10-13,20H2,1-7H3. The number of aliphatic hydroxyl groups excluding tert-OH is 1. The number of methoxy groups -OCH3 is 1. The van der Waals surface area contributed by atoms with Crippen LogP contribution in [0.1, 0.15) is 51.2 Å². The van der Waals surface area contributed by atoms with Crippen molar-refractivity contribution in [2.24, 2.45) is 0 Å². The molecule has 2 heterocycles. The Morgan fingerprint density at radius 3 is 2.33 bits per heavy atom. The molecule has 1 N–H and O–H groups in total. The van der Waals surface area contributed by atoms with Crippen molar-refractivity contribution in [3.8, 4) is 5.88 Å². The summed E-state index contributed by atoms with van der Waals surface area (Å²) in [5.74, 6) is 0.537. The van der Waals surface area contributed by atoms with E-state index in [1.54, 1.807) is 31.5 Å². The maximum absolute atomic E-state index is 12.5. The van der Waals surface area contributed by atoms with Crippen LogP contribution in [-0.4, -0.2) is 57.7 Å². The first-order valence-corrected chi connectivity index (χ1v) is 17.6. The number of rotatable bonds is 13. The molecule has 10 heteroatoms. The second kappa shape index (κ2) is 12.9. The van der Waals surface area contributed by atoms with Crippen LogP contribution in [0.4, 0.5) is 0 Å². The van der Waals surface area contributed by atoms with Crippen LogP contribution >= 0.6 is 0 Å². The molecule has 0 bridgehead atoms. The maximum atomic E-state index is 12.5. The Morgan fingerprint density at radius 1 is 1.00 bits per heavy atom. The van der Waals surface area contributed by atoms with Crippen LogP contribution in [0, 0.1) is 6.92 Å². The van der Waals surface area contributed by atoms with Crippen molar-refractivity contribution in [3.05, 3.63) is 59.8 Å². The number of fused-ring (bicyclic) bond motifs is 1. The Labute approximate surface area is 234 Å². The summed E-state index contributed by atoms with van der Waals surface area (Å²) < 4.78 is 42.3. The minimum atomic E-state index is -3.94. The summed E-state index contributed by atoms with van der Waals surface area (Å²) in [6.07, 6.45) is 3.08. The van der Waals surface area contributed by atoms with Crippen molar-refractivity contribution in [1.29, 1.82) is 0 Å². The van der Waals surface area contributed by atoms with E-state index in [1.807, 2.05) is 19.1 Å². The van der Waals surface area contributed by atoms with Gasteiger partial charge in [0, 0.05) is 18.4 Å². The van der Waals surface area contributed by atoms with E-state index in [0.717, 1.165) is 28.6 Å². The first-order chi connectivity index (χ1) is 18.2. The average Bonchev–Trinajstić information content (AvgIpc) is 2.88. The number of aromatic nitrogens is 2. The number of nitrogens with zero attached hydrogens (tertiary/aromatic N) is 2. The van der Waals surface area contributed by atoms with E-state index in [2.05, 4.69) is 43.8 Å². The molecule has 2 unspecified atom stereocenters. The number of benzene rings is 1. The van der Waals surface area contributed by atoms with Crippen molar-refractivity contribution in [1.82, 2.24) is 9.97 Å². The van der Waals surface area contributed by atoms with Gasteiger partial charge in [-0.1, -0.05) is 38.5 Å². The summed E-state index contributed by atoms with van der Waals surface area (Å²) in [7, 11) is -4.45. The molecule has 0 spiro atoms. The molecule has 214 valence electrons. The van der Waals surface area contributed by atoms with Gasteiger partial charge in [0.1, 0.15) is 0 Å². The minimum absolute atomic E-state index is 0.0212. The molecule has 1 aromatic carbocycles. The first-order valence-electron chi connectivity index (χ1n) is 13.3. The van der Waals surface area contributed by atoms with E-state index in [1.165, 1.54) is 12.1 Å². The van der Waals surface area contributed by atoms with Gasteiger partial charge < -0.3 is 14.3 Å². The van der Waals surface area contributed by atoms with E-state index in [-0.39, 0.29) is 22.6 Å². The highest BCUT2D eigenvalue weighted by Gasteiger charge is 2.39. The lowest BCUT2D eigenvalue weighted by molar-refractivity contribution is 0.0797. The van der Waals surface area contributed by atoms with Gasteiger partial charge in [-0.05, 0) is 80.6 Å². The summed E-state index contributed by atoms with van der Waals surface area (Å²) in [6.45, 7) is 12.6. The monoisotopic (exact) mass is 574 g/mol. The van der Waals surface area contributed by atoms with Gasteiger partial charge in [-0.3, -0.25) is 9.17 Å². The molecule has 0 amide bonds. The second-order valence-corrected chi connectivity index (χ2v) is 17.9. The molecule has 2 atom stereocenters. The van der Waals surface area contributed by atoms with Gasteiger partial charge in [0.15, 0.2) is 8.32 Å². The number of aliphatic hydroxyl groups is 1. The molecule has 0 saturated carbocycles. The van der Waals surface area contributed by atoms with E-state index in [0.29, 0.717) is 25.1 Å². The predicted octanol–water partition coefficient (Wildman–Crippen LogP) is 5.82. The molecule has 39 heavy (non-hydrogen) atoms. The number of hydrogen-bond acceptors (Lipinski definition) is 8. The Balaban J connectivity index is 1.68. The molecular weight excluding hydrogens is 532 g/mol. The summed E-state index contributed by atoms with van der Waals surface area (Å²) >= 11 is 0. The fourth-order valence-corrected chi connectivity index (χ4v) is 6.32. The van der Waals surface area contributed by atoms with Gasteiger partial charge in [-0.25, -0.2) is 4.98 Å². The van der Waals surface area contributed by atoms with Crippen LogP contribution in [0.15, 0.2) is 53.6 Å². The SMILES string of the molecule is COc1ccc2nccc(CCC(CCC(O)COS(=O)(=O)c3ccc(C)cc3)O[Si](C)(C)C(C)(C)C)c2n1. The minimum Gasteiger partial charge on any atom is -0.481 e. The van der Waals surface area contributed by atoms with Crippen LogP contribution in [0.5, 0.6) is 5.88 Å². The van der Waals surface area contributed by atoms with Gasteiger partial charge in [-0.2, -0.15) is 8.42 Å². The molecule has 0 aliphatic carbocycles. The summed E-state index contributed by atoms with van der Waals surface area (Å²) in [5.41, 5.74) is 3.61. The van der Waals surface area contributed by atoms with Gasteiger partial charge in [0.05, 0.1) is 35.7 Å². The number of pyridine rings is 2. The van der Waals surface area contributed by atoms with Crippen molar-refractivity contribution >= 4 is 29.5 Å². The topological polar surface area (TPSA) is 108 Å². The van der Waals surface area contributed by atoms with E-state index in [4.69, 9.17) is 13.3 Å². The van der Waals surface area contributed by atoms with Crippen molar-refractivity contribution in [2.45, 2.75) is 88.6 Å². The van der Waals surface area contributed by atoms with E-state index in [9.17, 15) is 13.5 Å². The average molecular weight is 575 g/mol. The van der Waals surface area contributed by atoms with Crippen LogP contribution < -0.4 is 4.74 Å². The highest BCUT2D eigenvalue weighted by Crippen LogP contribution is 2.38. The zero-order valence-electron chi connectivity index (χ0n) is 24.1. The van der Waals surface area contributed by atoms with Gasteiger partial charge in [0.2, 0.25) is 5.88 Å². The highest BCUT2D eigenvalue weighted by atomic mass is 32.2. The lowest BCUT2D eigenvalue weighted by atomic mass is 10.0. The fourth-order valence-electron chi connectivity index (χ4n) is 3.95. The number of ether oxygens (including phenoxy) is 1. The molecule has 0 aliphatic heterocycles. The maximum Gasteiger partial charge on any atom is 0.297 e. The quantitative estimate of drug-likeness (QED) is 0.201. The zero-order chi connectivity index (χ0) is 28.8. The fraction of sp³-hybridized carbons (Fsp3) is 0.517. The van der Waals surface area contributed by atoms with Crippen LogP contribution in [0.25, 0.3) is 11.0 Å². The van der Waals surface area contributed by atoms with Crippen molar-refractivity contribution in [3.63, 3.8) is 0 Å². The summed E-state index contributed by atoms with van der Waals surface area (Å²) in [5, 5.41) is 10.7. The molecule has 0 saturated heterocycles. The number of aryl methyl sites for hydroxylation is 2. The Hall–Kier alpha value is -2.37. The molecular formula is C29H42N2O6SSi. The zero-order valence-corrected chi connectivity index (χ0v) is 25.9. The highest BCUT2D eigenvalue weighted by molar-refractivity contribution is 7.86.